The van der Waals surface area contributed by atoms with E-state index in [1.54, 1.807) is 12.1 Å². The van der Waals surface area contributed by atoms with Crippen molar-refractivity contribution in [2.24, 2.45) is 0 Å². The van der Waals surface area contributed by atoms with Crippen LogP contribution in [0.2, 0.25) is 0 Å². The van der Waals surface area contributed by atoms with Crippen LogP contribution in [0.1, 0.15) is 24.3 Å². The summed E-state index contributed by atoms with van der Waals surface area (Å²) in [6.07, 6.45) is 0. The van der Waals surface area contributed by atoms with E-state index in [-0.39, 0.29) is 11.6 Å². The fourth-order valence-electron chi connectivity index (χ4n) is 1.97. The van der Waals surface area contributed by atoms with Crippen molar-refractivity contribution >= 4 is 23.3 Å². The number of fused-ring (bicyclic) bond motifs is 1. The molecule has 2 heterocycles. The van der Waals surface area contributed by atoms with E-state index in [9.17, 15) is 9.90 Å². The minimum Gasteiger partial charge on any atom is -0.476 e. The predicted octanol–water partition coefficient (Wildman–Crippen LogP) is 0.856. The quantitative estimate of drug-likeness (QED) is 0.834. The van der Waals surface area contributed by atoms with Crippen LogP contribution in [0.3, 0.4) is 0 Å². The summed E-state index contributed by atoms with van der Waals surface area (Å²) >= 11 is 0. The van der Waals surface area contributed by atoms with Gasteiger partial charge in [-0.05, 0) is 26.0 Å². The molecule has 0 unspecified atom stereocenters. The lowest BCUT2D eigenvalue weighted by Gasteiger charge is -2.22. The van der Waals surface area contributed by atoms with Gasteiger partial charge in [-0.1, -0.05) is 0 Å². The summed E-state index contributed by atoms with van der Waals surface area (Å²) in [5.41, 5.74) is 6.63. The number of anilines is 2. The predicted molar refractivity (Wildman–Crippen MR) is 67.9 cm³/mol. The fraction of sp³-hybridized carbons (Fsp3) is 0.364. The lowest BCUT2D eigenvalue weighted by Crippen LogP contribution is -2.25. The largest absolute Gasteiger partial charge is 0.476 e. The summed E-state index contributed by atoms with van der Waals surface area (Å²) in [6.45, 7) is 5.36. The summed E-state index contributed by atoms with van der Waals surface area (Å²) in [7, 11) is 0. The third kappa shape index (κ3) is 1.83. The standard InChI is InChI=1S/C11H15N5O2/c1-3-15(4-2)7-5-6-8-13-11(12)14-16(8)9(7)10(17)18/h5-6H,3-4H2,1-2H3,(H2,12,14)(H,17,18). The summed E-state index contributed by atoms with van der Waals surface area (Å²) in [6, 6.07) is 3.45. The zero-order chi connectivity index (χ0) is 13.3. The van der Waals surface area contributed by atoms with Crippen molar-refractivity contribution in [2.45, 2.75) is 13.8 Å². The third-order valence-electron chi connectivity index (χ3n) is 2.80. The zero-order valence-electron chi connectivity index (χ0n) is 10.3. The van der Waals surface area contributed by atoms with Crippen LogP contribution in [0.25, 0.3) is 5.65 Å². The number of nitrogens with two attached hydrogens (primary N) is 1. The Morgan fingerprint density at radius 1 is 1.44 bits per heavy atom. The molecule has 0 spiro atoms. The van der Waals surface area contributed by atoms with Crippen LogP contribution in [0.4, 0.5) is 11.6 Å². The van der Waals surface area contributed by atoms with Crippen molar-refractivity contribution in [1.29, 1.82) is 0 Å². The van der Waals surface area contributed by atoms with Crippen LogP contribution < -0.4 is 10.6 Å². The lowest BCUT2D eigenvalue weighted by molar-refractivity contribution is 0.0688. The van der Waals surface area contributed by atoms with Crippen molar-refractivity contribution in [1.82, 2.24) is 14.6 Å². The van der Waals surface area contributed by atoms with Crippen molar-refractivity contribution < 1.29 is 9.90 Å². The molecule has 0 amide bonds. The van der Waals surface area contributed by atoms with Crippen LogP contribution >= 0.6 is 0 Å². The molecule has 0 aliphatic carbocycles. The van der Waals surface area contributed by atoms with Crippen molar-refractivity contribution in [3.05, 3.63) is 17.8 Å². The first kappa shape index (κ1) is 12.2. The Morgan fingerprint density at radius 2 is 2.11 bits per heavy atom. The van der Waals surface area contributed by atoms with Crippen LogP contribution in [0, 0.1) is 0 Å². The maximum absolute atomic E-state index is 11.4. The Kier molecular flexibility index (Phi) is 3.05. The van der Waals surface area contributed by atoms with Crippen LogP contribution in [-0.4, -0.2) is 38.8 Å². The molecule has 96 valence electrons. The van der Waals surface area contributed by atoms with Crippen LogP contribution in [0.5, 0.6) is 0 Å². The van der Waals surface area contributed by atoms with Crippen molar-refractivity contribution in [2.75, 3.05) is 23.7 Å². The highest BCUT2D eigenvalue weighted by atomic mass is 16.4. The molecule has 0 fully saturated rings. The number of rotatable bonds is 4. The van der Waals surface area contributed by atoms with Gasteiger partial charge in [0, 0.05) is 13.1 Å². The number of carbonyl (C=O) groups is 1. The molecule has 3 N–H and O–H groups in total. The molecule has 2 aromatic heterocycles. The highest BCUT2D eigenvalue weighted by Gasteiger charge is 2.20. The number of aromatic nitrogens is 3. The summed E-state index contributed by atoms with van der Waals surface area (Å²) in [4.78, 5) is 17.3. The van der Waals surface area contributed by atoms with E-state index in [1.165, 1.54) is 4.52 Å². The number of pyridine rings is 1. The van der Waals surface area contributed by atoms with Gasteiger partial charge in [0.05, 0.1) is 5.69 Å². The molecule has 0 radical (unpaired) electrons. The average Bonchev–Trinajstić information content (AvgIpc) is 2.69. The Labute approximate surface area is 104 Å². The van der Waals surface area contributed by atoms with Crippen molar-refractivity contribution in [3.8, 4) is 0 Å². The second-order valence-electron chi connectivity index (χ2n) is 3.78. The maximum Gasteiger partial charge on any atom is 0.356 e. The second kappa shape index (κ2) is 4.52. The third-order valence-corrected chi connectivity index (χ3v) is 2.80. The van der Waals surface area contributed by atoms with Gasteiger partial charge in [-0.25, -0.2) is 9.31 Å². The zero-order valence-corrected chi connectivity index (χ0v) is 10.3. The van der Waals surface area contributed by atoms with Gasteiger partial charge in [0.1, 0.15) is 0 Å². The van der Waals surface area contributed by atoms with E-state index in [0.717, 1.165) is 0 Å². The monoisotopic (exact) mass is 249 g/mol. The summed E-state index contributed by atoms with van der Waals surface area (Å²) < 4.78 is 1.27. The Balaban J connectivity index is 2.73. The molecule has 0 saturated carbocycles. The first-order valence-electron chi connectivity index (χ1n) is 5.72. The summed E-state index contributed by atoms with van der Waals surface area (Å²) in [5, 5.41) is 13.3. The molecule has 7 heteroatoms. The molecular weight excluding hydrogens is 234 g/mol. The molecule has 0 aliphatic heterocycles. The van der Waals surface area contributed by atoms with E-state index in [1.807, 2.05) is 18.7 Å². The first-order valence-corrected chi connectivity index (χ1v) is 5.72. The van der Waals surface area contributed by atoms with Gasteiger partial charge < -0.3 is 15.7 Å². The summed E-state index contributed by atoms with van der Waals surface area (Å²) in [5.74, 6) is -0.985. The van der Waals surface area contributed by atoms with Gasteiger partial charge in [-0.15, -0.1) is 5.10 Å². The van der Waals surface area contributed by atoms with Gasteiger partial charge in [-0.2, -0.15) is 4.98 Å². The van der Waals surface area contributed by atoms with E-state index in [4.69, 9.17) is 5.73 Å². The highest BCUT2D eigenvalue weighted by Crippen LogP contribution is 2.22. The first-order chi connectivity index (χ1) is 8.58. The van der Waals surface area contributed by atoms with Gasteiger partial charge in [0.15, 0.2) is 11.3 Å². The molecule has 2 aromatic rings. The smallest absolute Gasteiger partial charge is 0.356 e. The molecule has 0 atom stereocenters. The van der Waals surface area contributed by atoms with Gasteiger partial charge in [0.25, 0.3) is 0 Å². The maximum atomic E-state index is 11.4. The van der Waals surface area contributed by atoms with Gasteiger partial charge in [0.2, 0.25) is 5.95 Å². The Bertz CT molecular complexity index is 588. The molecule has 0 aliphatic rings. The molecule has 2 rings (SSSR count). The Morgan fingerprint density at radius 3 is 2.67 bits per heavy atom. The molecule has 0 saturated heterocycles. The number of carboxylic acids is 1. The number of hydrogen-bond donors (Lipinski definition) is 2. The number of hydrogen-bond acceptors (Lipinski definition) is 5. The minimum atomic E-state index is -1.05. The number of nitrogens with zero attached hydrogens (tertiary/aromatic N) is 4. The van der Waals surface area contributed by atoms with E-state index < -0.39 is 5.97 Å². The molecule has 0 aromatic carbocycles. The van der Waals surface area contributed by atoms with Crippen LogP contribution in [0.15, 0.2) is 12.1 Å². The average molecular weight is 249 g/mol. The highest BCUT2D eigenvalue weighted by molar-refractivity contribution is 5.93. The minimum absolute atomic E-state index is 0.0641. The number of nitrogen functional groups attached to an aromatic ring is 1. The van der Waals surface area contributed by atoms with Gasteiger partial charge in [-0.3, -0.25) is 0 Å². The fourth-order valence-corrected chi connectivity index (χ4v) is 1.97. The normalized spacial score (nSPS) is 10.8. The topological polar surface area (TPSA) is 96.8 Å². The van der Waals surface area contributed by atoms with E-state index in [0.29, 0.717) is 24.4 Å². The second-order valence-corrected chi connectivity index (χ2v) is 3.78. The SMILES string of the molecule is CCN(CC)c1ccc2nc(N)nn2c1C(=O)O. The molecular formula is C11H15N5O2. The molecule has 0 bridgehead atoms. The van der Waals surface area contributed by atoms with E-state index >= 15 is 0 Å². The molecule has 7 nitrogen and oxygen atoms in total. The lowest BCUT2D eigenvalue weighted by atomic mass is 10.2. The van der Waals surface area contributed by atoms with Gasteiger partial charge >= 0.3 is 5.97 Å². The van der Waals surface area contributed by atoms with E-state index in [2.05, 4.69) is 10.1 Å². The number of aromatic carboxylic acids is 1. The van der Waals surface area contributed by atoms with Crippen LogP contribution in [-0.2, 0) is 0 Å². The molecule has 18 heavy (non-hydrogen) atoms. The number of carboxylic acid groups (broad SMARTS) is 1. The Hall–Kier alpha value is -2.31. The van der Waals surface area contributed by atoms with Crippen molar-refractivity contribution in [3.63, 3.8) is 0 Å².